The molecule has 1 aromatic heterocycles. The van der Waals surface area contributed by atoms with E-state index >= 15 is 0 Å². The molecule has 0 radical (unpaired) electrons. The lowest BCUT2D eigenvalue weighted by Crippen LogP contribution is -2.38. The Morgan fingerprint density at radius 1 is 1.32 bits per heavy atom. The molecule has 2 aromatic rings. The molecule has 1 aliphatic rings. The minimum absolute atomic E-state index is 0.137. The van der Waals surface area contributed by atoms with Gasteiger partial charge in [-0.15, -0.1) is 0 Å². The number of hydrogen-bond acceptors (Lipinski definition) is 5. The van der Waals surface area contributed by atoms with E-state index < -0.39 is 0 Å². The Kier molecular flexibility index (Phi) is 6.26. The van der Waals surface area contributed by atoms with E-state index in [0.29, 0.717) is 12.3 Å². The van der Waals surface area contributed by atoms with Crippen LogP contribution in [0, 0.1) is 5.92 Å². The van der Waals surface area contributed by atoms with Crippen molar-refractivity contribution in [3.63, 3.8) is 0 Å². The van der Waals surface area contributed by atoms with Crippen LogP contribution in [0.25, 0.3) is 0 Å². The van der Waals surface area contributed by atoms with Crippen molar-refractivity contribution in [2.75, 3.05) is 24.5 Å². The second kappa shape index (κ2) is 8.63. The summed E-state index contributed by atoms with van der Waals surface area (Å²) in [4.78, 5) is 18.4. The molecule has 3 rings (SSSR count). The van der Waals surface area contributed by atoms with Crippen LogP contribution in [-0.4, -0.2) is 34.9 Å². The first-order valence-electron chi connectivity index (χ1n) is 8.72. The summed E-state index contributed by atoms with van der Waals surface area (Å²) in [6, 6.07) is 7.82. The molecule has 0 atom stereocenters. The molecule has 25 heavy (non-hydrogen) atoms. The van der Waals surface area contributed by atoms with Gasteiger partial charge < -0.3 is 10.2 Å². The standard InChI is InChI=1S/C18H23ClN4OS/c1-2-17(24)20-12-14-7-9-23(10-8-14)18-21-16(22-25-18)11-13-3-5-15(19)6-4-13/h3-6,14H,2,7-12H2,1H3,(H,20,24). The summed E-state index contributed by atoms with van der Waals surface area (Å²) < 4.78 is 4.50. The Hall–Kier alpha value is -1.66. The molecule has 0 unspecified atom stereocenters. The van der Waals surface area contributed by atoms with Crippen LogP contribution in [0.1, 0.15) is 37.6 Å². The largest absolute Gasteiger partial charge is 0.356 e. The van der Waals surface area contributed by atoms with Gasteiger partial charge in [0, 0.05) is 49.0 Å². The number of anilines is 1. The van der Waals surface area contributed by atoms with Crippen molar-refractivity contribution in [3.8, 4) is 0 Å². The van der Waals surface area contributed by atoms with Crippen molar-refractivity contribution in [1.82, 2.24) is 14.7 Å². The molecular weight excluding hydrogens is 356 g/mol. The summed E-state index contributed by atoms with van der Waals surface area (Å²) in [6.07, 6.45) is 3.44. The van der Waals surface area contributed by atoms with Gasteiger partial charge in [0.05, 0.1) is 0 Å². The van der Waals surface area contributed by atoms with E-state index in [4.69, 9.17) is 16.6 Å². The van der Waals surface area contributed by atoms with Gasteiger partial charge in [0.1, 0.15) is 5.82 Å². The zero-order valence-corrected chi connectivity index (χ0v) is 15.9. The third kappa shape index (κ3) is 5.16. The van der Waals surface area contributed by atoms with E-state index in [0.717, 1.165) is 54.9 Å². The number of halogens is 1. The van der Waals surface area contributed by atoms with Gasteiger partial charge in [-0.3, -0.25) is 4.79 Å². The fourth-order valence-electron chi connectivity index (χ4n) is 2.94. The number of carbonyl (C=O) groups is 1. The average Bonchev–Trinajstić information content (AvgIpc) is 3.10. The molecular formula is C18H23ClN4OS. The summed E-state index contributed by atoms with van der Waals surface area (Å²) in [5.74, 6) is 1.56. The monoisotopic (exact) mass is 378 g/mol. The minimum atomic E-state index is 0.137. The van der Waals surface area contributed by atoms with Crippen LogP contribution in [0.15, 0.2) is 24.3 Å². The van der Waals surface area contributed by atoms with E-state index in [-0.39, 0.29) is 5.91 Å². The van der Waals surface area contributed by atoms with Crippen molar-refractivity contribution in [3.05, 3.63) is 40.7 Å². The fourth-order valence-corrected chi connectivity index (χ4v) is 3.80. The van der Waals surface area contributed by atoms with E-state index in [1.807, 2.05) is 31.2 Å². The molecule has 1 aliphatic heterocycles. The number of piperidine rings is 1. The number of nitrogens with zero attached hydrogens (tertiary/aromatic N) is 3. The highest BCUT2D eigenvalue weighted by molar-refractivity contribution is 7.09. The maximum absolute atomic E-state index is 11.4. The first kappa shape index (κ1) is 18.1. The number of benzene rings is 1. The van der Waals surface area contributed by atoms with Crippen LogP contribution in [-0.2, 0) is 11.2 Å². The second-order valence-electron chi connectivity index (χ2n) is 6.38. The van der Waals surface area contributed by atoms with Gasteiger partial charge in [0.2, 0.25) is 11.0 Å². The van der Waals surface area contributed by atoms with Crippen molar-refractivity contribution < 1.29 is 4.79 Å². The molecule has 1 amide bonds. The fraction of sp³-hybridized carbons (Fsp3) is 0.500. The number of aromatic nitrogens is 2. The lowest BCUT2D eigenvalue weighted by molar-refractivity contribution is -0.120. The molecule has 1 N–H and O–H groups in total. The lowest BCUT2D eigenvalue weighted by atomic mass is 9.97. The van der Waals surface area contributed by atoms with Crippen molar-refractivity contribution in [2.24, 2.45) is 5.92 Å². The summed E-state index contributed by atoms with van der Waals surface area (Å²) >= 11 is 7.39. The van der Waals surface area contributed by atoms with Crippen LogP contribution in [0.5, 0.6) is 0 Å². The molecule has 0 bridgehead atoms. The highest BCUT2D eigenvalue weighted by Gasteiger charge is 2.22. The predicted octanol–water partition coefficient (Wildman–Crippen LogP) is 3.52. The van der Waals surface area contributed by atoms with Gasteiger partial charge >= 0.3 is 0 Å². The number of rotatable bonds is 6. The Bertz CT molecular complexity index is 695. The molecule has 7 heteroatoms. The molecule has 1 fully saturated rings. The van der Waals surface area contributed by atoms with Gasteiger partial charge in [0.15, 0.2) is 0 Å². The predicted molar refractivity (Wildman–Crippen MR) is 102 cm³/mol. The minimum Gasteiger partial charge on any atom is -0.356 e. The first-order valence-corrected chi connectivity index (χ1v) is 9.88. The highest BCUT2D eigenvalue weighted by atomic mass is 35.5. The third-order valence-electron chi connectivity index (χ3n) is 4.53. The SMILES string of the molecule is CCC(=O)NCC1CCN(c2nc(Cc3ccc(Cl)cc3)ns2)CC1. The highest BCUT2D eigenvalue weighted by Crippen LogP contribution is 2.25. The summed E-state index contributed by atoms with van der Waals surface area (Å²) in [7, 11) is 0. The van der Waals surface area contributed by atoms with Crippen LogP contribution in [0.4, 0.5) is 5.13 Å². The van der Waals surface area contributed by atoms with Crippen molar-refractivity contribution in [1.29, 1.82) is 0 Å². The zero-order chi connectivity index (χ0) is 17.6. The number of hydrogen-bond donors (Lipinski definition) is 1. The van der Waals surface area contributed by atoms with Gasteiger partial charge in [-0.25, -0.2) is 4.98 Å². The second-order valence-corrected chi connectivity index (χ2v) is 7.55. The molecule has 0 aliphatic carbocycles. The van der Waals surface area contributed by atoms with Crippen LogP contribution in [0.3, 0.4) is 0 Å². The smallest absolute Gasteiger partial charge is 0.219 e. The lowest BCUT2D eigenvalue weighted by Gasteiger charge is -2.31. The van der Waals surface area contributed by atoms with Gasteiger partial charge in [-0.05, 0) is 36.5 Å². The quantitative estimate of drug-likeness (QED) is 0.835. The number of amides is 1. The molecule has 0 saturated carbocycles. The Morgan fingerprint density at radius 3 is 2.72 bits per heavy atom. The van der Waals surface area contributed by atoms with E-state index in [9.17, 15) is 4.79 Å². The van der Waals surface area contributed by atoms with Gasteiger partial charge in [-0.2, -0.15) is 4.37 Å². The van der Waals surface area contributed by atoms with Crippen LogP contribution >= 0.6 is 23.1 Å². The molecule has 2 heterocycles. The van der Waals surface area contributed by atoms with Gasteiger partial charge in [-0.1, -0.05) is 30.7 Å². The summed E-state index contributed by atoms with van der Waals surface area (Å²) in [5.41, 5.74) is 1.17. The maximum atomic E-state index is 11.4. The average molecular weight is 379 g/mol. The normalized spacial score (nSPS) is 15.4. The third-order valence-corrected chi connectivity index (χ3v) is 5.59. The van der Waals surface area contributed by atoms with Crippen molar-refractivity contribution >= 4 is 34.2 Å². The topological polar surface area (TPSA) is 58.1 Å². The van der Waals surface area contributed by atoms with Crippen molar-refractivity contribution in [2.45, 2.75) is 32.6 Å². The maximum Gasteiger partial charge on any atom is 0.219 e. The molecule has 134 valence electrons. The van der Waals surface area contributed by atoms with E-state index in [1.54, 1.807) is 0 Å². The Balaban J connectivity index is 1.50. The molecule has 1 saturated heterocycles. The van der Waals surface area contributed by atoms with E-state index in [2.05, 4.69) is 14.6 Å². The zero-order valence-electron chi connectivity index (χ0n) is 14.4. The van der Waals surface area contributed by atoms with Crippen LogP contribution in [0.2, 0.25) is 5.02 Å². The Labute approximate surface area is 157 Å². The summed E-state index contributed by atoms with van der Waals surface area (Å²) in [6.45, 7) is 4.62. The molecule has 1 aromatic carbocycles. The van der Waals surface area contributed by atoms with Crippen LogP contribution < -0.4 is 10.2 Å². The molecule has 5 nitrogen and oxygen atoms in total. The number of nitrogens with one attached hydrogen (secondary N) is 1. The first-order chi connectivity index (χ1) is 12.1. The summed E-state index contributed by atoms with van der Waals surface area (Å²) in [5, 5.41) is 4.74. The van der Waals surface area contributed by atoms with Gasteiger partial charge in [0.25, 0.3) is 0 Å². The number of carbonyl (C=O) groups excluding carboxylic acids is 1. The molecule has 0 spiro atoms. The Morgan fingerprint density at radius 2 is 2.04 bits per heavy atom. The van der Waals surface area contributed by atoms with E-state index in [1.165, 1.54) is 17.1 Å².